The van der Waals surface area contributed by atoms with Crippen LogP contribution in [0.3, 0.4) is 0 Å². The second-order valence-electron chi connectivity index (χ2n) is 6.42. The van der Waals surface area contributed by atoms with E-state index in [1.807, 2.05) is 38.1 Å². The molecule has 1 aromatic rings. The monoisotopic (exact) mass is 298 g/mol. The van der Waals surface area contributed by atoms with Crippen molar-refractivity contribution in [1.82, 2.24) is 0 Å². The van der Waals surface area contributed by atoms with Gasteiger partial charge in [0.05, 0.1) is 0 Å². The molecule has 0 radical (unpaired) electrons. The molecule has 2 atom stereocenters. The average molecular weight is 298 g/mol. The number of carbonyl (C=O) groups is 1. The average Bonchev–Trinajstić information content (AvgIpc) is 3.01. The van der Waals surface area contributed by atoms with Crippen LogP contribution >= 0.6 is 0 Å². The second kappa shape index (κ2) is 5.99. The summed E-state index contributed by atoms with van der Waals surface area (Å²) in [4.78, 5) is 12.0. The minimum atomic E-state index is -0.159. The van der Waals surface area contributed by atoms with E-state index in [0.29, 0.717) is 5.92 Å². The second-order valence-corrected chi connectivity index (χ2v) is 6.42. The van der Waals surface area contributed by atoms with E-state index in [1.54, 1.807) is 0 Å². The first kappa shape index (κ1) is 14.9. The standard InChI is InChI=1S/C19H22O3/c1-12(2)14-4-5-15-11-18(22-19(15)20)9-13(3)8-16-6-7-17(10-14)21-16/h6-8,11,14,18H,1,4-5,9-10H2,2-3H3/b13-8+/t14-,18+/m1/s1. The topological polar surface area (TPSA) is 39.4 Å². The molecule has 116 valence electrons. The van der Waals surface area contributed by atoms with Crippen molar-refractivity contribution in [1.29, 1.82) is 0 Å². The van der Waals surface area contributed by atoms with Crippen LogP contribution in [0.25, 0.3) is 6.08 Å². The molecule has 3 heteroatoms. The number of carbonyl (C=O) groups excluding carboxylic acids is 1. The number of allylic oxidation sites excluding steroid dienone is 1. The van der Waals surface area contributed by atoms with Gasteiger partial charge >= 0.3 is 5.97 Å². The van der Waals surface area contributed by atoms with Crippen molar-refractivity contribution in [3.63, 3.8) is 0 Å². The third-order valence-electron chi connectivity index (χ3n) is 4.41. The van der Waals surface area contributed by atoms with E-state index >= 15 is 0 Å². The van der Waals surface area contributed by atoms with Crippen molar-refractivity contribution >= 4 is 12.0 Å². The Kier molecular flexibility index (Phi) is 4.06. The summed E-state index contributed by atoms with van der Waals surface area (Å²) in [6.45, 7) is 8.18. The number of hydrogen-bond acceptors (Lipinski definition) is 3. The van der Waals surface area contributed by atoms with Gasteiger partial charge in [0.2, 0.25) is 0 Å². The Morgan fingerprint density at radius 3 is 2.91 bits per heavy atom. The molecular formula is C19H22O3. The summed E-state index contributed by atoms with van der Waals surface area (Å²) in [5.74, 6) is 2.00. The highest BCUT2D eigenvalue weighted by atomic mass is 16.5. The Hall–Kier alpha value is -2.03. The highest BCUT2D eigenvalue weighted by Crippen LogP contribution is 2.29. The number of fused-ring (bicyclic) bond motifs is 3. The van der Waals surface area contributed by atoms with Crippen LogP contribution in [0.1, 0.15) is 44.6 Å². The van der Waals surface area contributed by atoms with Crippen molar-refractivity contribution in [2.45, 2.75) is 45.6 Å². The zero-order valence-corrected chi connectivity index (χ0v) is 13.2. The van der Waals surface area contributed by atoms with E-state index in [9.17, 15) is 4.79 Å². The lowest BCUT2D eigenvalue weighted by atomic mass is 9.90. The molecule has 0 fully saturated rings. The van der Waals surface area contributed by atoms with Gasteiger partial charge in [0, 0.05) is 18.4 Å². The van der Waals surface area contributed by atoms with Gasteiger partial charge < -0.3 is 9.15 Å². The van der Waals surface area contributed by atoms with E-state index in [1.165, 1.54) is 0 Å². The summed E-state index contributed by atoms with van der Waals surface area (Å²) in [5, 5.41) is 0. The minimum Gasteiger partial charge on any atom is -0.462 e. The largest absolute Gasteiger partial charge is 0.462 e. The predicted molar refractivity (Wildman–Crippen MR) is 86.2 cm³/mol. The SMILES string of the molecule is C=C(C)[C@@H]1CCC2=C[C@H](C/C(C)=C/c3ccc(o3)C1)OC2=O. The quantitative estimate of drug-likeness (QED) is 0.568. The van der Waals surface area contributed by atoms with Crippen LogP contribution in [-0.4, -0.2) is 12.1 Å². The van der Waals surface area contributed by atoms with E-state index in [-0.39, 0.29) is 12.1 Å². The number of hydrogen-bond donors (Lipinski definition) is 0. The van der Waals surface area contributed by atoms with E-state index < -0.39 is 0 Å². The van der Waals surface area contributed by atoms with E-state index in [0.717, 1.165) is 53.9 Å². The molecule has 0 unspecified atom stereocenters. The van der Waals surface area contributed by atoms with Crippen LogP contribution in [0.15, 0.2) is 45.9 Å². The Labute approximate surface area is 131 Å². The molecule has 0 aliphatic carbocycles. The lowest BCUT2D eigenvalue weighted by Gasteiger charge is -2.15. The molecule has 2 aliphatic heterocycles. The first-order chi connectivity index (χ1) is 10.5. The maximum absolute atomic E-state index is 12.0. The first-order valence-electron chi connectivity index (χ1n) is 7.84. The zero-order valence-electron chi connectivity index (χ0n) is 13.2. The van der Waals surface area contributed by atoms with Crippen LogP contribution in [-0.2, 0) is 16.0 Å². The van der Waals surface area contributed by atoms with Crippen molar-refractivity contribution in [2.75, 3.05) is 0 Å². The smallest absolute Gasteiger partial charge is 0.334 e. The van der Waals surface area contributed by atoms with Crippen LogP contribution in [0.2, 0.25) is 0 Å². The molecular weight excluding hydrogens is 276 g/mol. The van der Waals surface area contributed by atoms with Crippen LogP contribution in [0.5, 0.6) is 0 Å². The molecule has 0 spiro atoms. The Balaban J connectivity index is 1.92. The fraction of sp³-hybridized carbons (Fsp3) is 0.421. The number of rotatable bonds is 1. The molecule has 0 saturated carbocycles. The molecule has 0 aromatic carbocycles. The van der Waals surface area contributed by atoms with Gasteiger partial charge in [0.25, 0.3) is 0 Å². The lowest BCUT2D eigenvalue weighted by Crippen LogP contribution is -2.10. The Morgan fingerprint density at radius 2 is 2.14 bits per heavy atom. The van der Waals surface area contributed by atoms with Gasteiger partial charge in [-0.3, -0.25) is 0 Å². The summed E-state index contributed by atoms with van der Waals surface area (Å²) in [6.07, 6.45) is 7.05. The molecule has 4 bridgehead atoms. The highest BCUT2D eigenvalue weighted by Gasteiger charge is 2.26. The van der Waals surface area contributed by atoms with Gasteiger partial charge in [0.15, 0.2) is 0 Å². The van der Waals surface area contributed by atoms with Crippen LogP contribution in [0, 0.1) is 5.92 Å². The van der Waals surface area contributed by atoms with E-state index in [4.69, 9.17) is 9.15 Å². The van der Waals surface area contributed by atoms with Gasteiger partial charge in [-0.05, 0) is 56.9 Å². The van der Waals surface area contributed by atoms with Crippen molar-refractivity contribution < 1.29 is 13.9 Å². The normalized spacial score (nSPS) is 27.6. The molecule has 3 heterocycles. The molecule has 0 saturated heterocycles. The van der Waals surface area contributed by atoms with Crippen LogP contribution < -0.4 is 0 Å². The van der Waals surface area contributed by atoms with Crippen molar-refractivity contribution in [2.24, 2.45) is 5.92 Å². The minimum absolute atomic E-state index is 0.141. The zero-order chi connectivity index (χ0) is 15.7. The first-order valence-corrected chi connectivity index (χ1v) is 7.84. The molecule has 22 heavy (non-hydrogen) atoms. The number of ether oxygens (including phenoxy) is 1. The fourth-order valence-corrected chi connectivity index (χ4v) is 3.12. The van der Waals surface area contributed by atoms with Gasteiger partial charge in [0.1, 0.15) is 17.6 Å². The van der Waals surface area contributed by atoms with Gasteiger partial charge in [-0.2, -0.15) is 0 Å². The molecule has 0 N–H and O–H groups in total. The van der Waals surface area contributed by atoms with Crippen molar-refractivity contribution in [3.8, 4) is 0 Å². The van der Waals surface area contributed by atoms with Gasteiger partial charge in [-0.15, -0.1) is 0 Å². The summed E-state index contributed by atoms with van der Waals surface area (Å²) < 4.78 is 11.4. The Morgan fingerprint density at radius 1 is 1.32 bits per heavy atom. The lowest BCUT2D eigenvalue weighted by molar-refractivity contribution is -0.139. The maximum atomic E-state index is 12.0. The summed E-state index contributed by atoms with van der Waals surface area (Å²) in [7, 11) is 0. The molecule has 0 amide bonds. The molecule has 3 rings (SSSR count). The molecule has 3 nitrogen and oxygen atoms in total. The maximum Gasteiger partial charge on any atom is 0.334 e. The van der Waals surface area contributed by atoms with E-state index in [2.05, 4.69) is 6.58 Å². The van der Waals surface area contributed by atoms with Crippen LogP contribution in [0.4, 0.5) is 0 Å². The highest BCUT2D eigenvalue weighted by molar-refractivity contribution is 5.90. The third kappa shape index (κ3) is 3.24. The molecule has 1 aromatic heterocycles. The van der Waals surface area contributed by atoms with Crippen molar-refractivity contribution in [3.05, 3.63) is 53.0 Å². The van der Waals surface area contributed by atoms with Gasteiger partial charge in [-0.25, -0.2) is 4.79 Å². The summed E-state index contributed by atoms with van der Waals surface area (Å²) in [6, 6.07) is 4.04. The molecule has 2 aliphatic rings. The number of furan rings is 1. The van der Waals surface area contributed by atoms with Gasteiger partial charge in [-0.1, -0.05) is 17.7 Å². The fourth-order valence-electron chi connectivity index (χ4n) is 3.12. The third-order valence-corrected chi connectivity index (χ3v) is 4.41. The Bertz CT molecular complexity index is 660. The number of esters is 1. The summed E-state index contributed by atoms with van der Waals surface area (Å²) >= 11 is 0. The summed E-state index contributed by atoms with van der Waals surface area (Å²) in [5.41, 5.74) is 3.08. The predicted octanol–water partition coefficient (Wildman–Crippen LogP) is 4.45.